The van der Waals surface area contributed by atoms with Crippen LogP contribution in [0.2, 0.25) is 0 Å². The summed E-state index contributed by atoms with van der Waals surface area (Å²) in [5, 5.41) is 0. The molecule has 0 radical (unpaired) electrons. The Bertz CT molecular complexity index is 146. The van der Waals surface area contributed by atoms with E-state index in [9.17, 15) is 0 Å². The van der Waals surface area contributed by atoms with Gasteiger partial charge in [0.1, 0.15) is 0 Å². The molecule has 0 N–H and O–H groups in total. The zero-order valence-electron chi connectivity index (χ0n) is 8.85. The van der Waals surface area contributed by atoms with E-state index >= 15 is 0 Å². The van der Waals surface area contributed by atoms with Crippen LogP contribution in [0.1, 0.15) is 53.4 Å². The van der Waals surface area contributed by atoms with E-state index < -0.39 is 0 Å². The molecule has 0 saturated heterocycles. The van der Waals surface area contributed by atoms with Gasteiger partial charge < -0.3 is 0 Å². The fourth-order valence-electron chi connectivity index (χ4n) is 1.11. The van der Waals surface area contributed by atoms with Crippen molar-refractivity contribution in [1.29, 1.82) is 0 Å². The summed E-state index contributed by atoms with van der Waals surface area (Å²) >= 11 is 0. The van der Waals surface area contributed by atoms with Crippen LogP contribution < -0.4 is 0 Å². The van der Waals surface area contributed by atoms with Crippen molar-refractivity contribution in [3.05, 3.63) is 11.8 Å². The molecule has 0 aliphatic heterocycles. The fourth-order valence-corrected chi connectivity index (χ4v) is 1.11. The summed E-state index contributed by atoms with van der Waals surface area (Å²) in [6, 6.07) is 0. The zero-order chi connectivity index (χ0) is 9.40. The number of allylic oxidation sites excluding steroid dienone is 1. The highest BCUT2D eigenvalue weighted by atomic mass is 14.7. The lowest BCUT2D eigenvalue weighted by molar-refractivity contribution is 0.900. The Hall–Kier alpha value is -0.590. The molecule has 0 saturated carbocycles. The lowest BCUT2D eigenvalue weighted by Crippen LogP contribution is -1.88. The molecule has 0 aromatic rings. The summed E-state index contributed by atoms with van der Waals surface area (Å²) in [6.07, 6.45) is 6.70. The predicted molar refractivity (Wildman–Crippen MR) is 56.7 cm³/mol. The Kier molecular flexibility index (Phi) is 6.73. The maximum Gasteiger partial charge on any atom is 0.0256 e. The maximum atomic E-state index is 4.39. The first-order chi connectivity index (χ1) is 5.70. The molecule has 0 bridgehead atoms. The van der Waals surface area contributed by atoms with Crippen LogP contribution in [0.4, 0.5) is 0 Å². The van der Waals surface area contributed by atoms with Gasteiger partial charge in [0, 0.05) is 11.9 Å². The number of aliphatic imine (C=N–C) groups is 1. The van der Waals surface area contributed by atoms with E-state index in [-0.39, 0.29) is 0 Å². The van der Waals surface area contributed by atoms with E-state index in [0.29, 0.717) is 0 Å². The fraction of sp³-hybridized carbons (Fsp3) is 0.727. The van der Waals surface area contributed by atoms with Crippen molar-refractivity contribution in [2.75, 3.05) is 0 Å². The van der Waals surface area contributed by atoms with Crippen LogP contribution >= 0.6 is 0 Å². The molecule has 0 rings (SSSR count). The molecule has 70 valence electrons. The van der Waals surface area contributed by atoms with E-state index in [1.165, 1.54) is 30.5 Å². The van der Waals surface area contributed by atoms with Gasteiger partial charge in [-0.25, -0.2) is 0 Å². The molecule has 0 aromatic heterocycles. The number of nitrogens with zero attached hydrogens (tertiary/aromatic N) is 1. The van der Waals surface area contributed by atoms with Gasteiger partial charge in [-0.2, -0.15) is 0 Å². The molecule has 0 aliphatic rings. The normalized spacial score (nSPS) is 13.7. The van der Waals surface area contributed by atoms with Gasteiger partial charge in [-0.15, -0.1) is 0 Å². The largest absolute Gasteiger partial charge is 0.266 e. The van der Waals surface area contributed by atoms with Crippen LogP contribution in [0.15, 0.2) is 16.8 Å². The molecule has 0 aliphatic carbocycles. The molecule has 12 heavy (non-hydrogen) atoms. The van der Waals surface area contributed by atoms with Crippen LogP contribution in [0.25, 0.3) is 0 Å². The quantitative estimate of drug-likeness (QED) is 0.550. The van der Waals surface area contributed by atoms with Gasteiger partial charge in [-0.3, -0.25) is 4.99 Å². The molecule has 0 unspecified atom stereocenters. The summed E-state index contributed by atoms with van der Waals surface area (Å²) < 4.78 is 0. The lowest BCUT2D eigenvalue weighted by atomic mass is 10.2. The summed E-state index contributed by atoms with van der Waals surface area (Å²) in [6.45, 7) is 8.62. The van der Waals surface area contributed by atoms with E-state index in [1.54, 1.807) is 0 Å². The molecule has 0 amide bonds. The van der Waals surface area contributed by atoms with Gasteiger partial charge in [-0.05, 0) is 26.7 Å². The second-order valence-electron chi connectivity index (χ2n) is 3.34. The van der Waals surface area contributed by atoms with E-state index in [4.69, 9.17) is 0 Å². The van der Waals surface area contributed by atoms with Gasteiger partial charge in [0.2, 0.25) is 0 Å². The standard InChI is InChI=1S/C11H21N/c1-5-7-10(3)9-12-11(4)8-6-2/h9H,5-8H2,1-4H3/b10-9-,12-11?. The van der Waals surface area contributed by atoms with Gasteiger partial charge in [0.05, 0.1) is 0 Å². The van der Waals surface area contributed by atoms with Crippen molar-refractivity contribution in [2.24, 2.45) is 4.99 Å². The second kappa shape index (κ2) is 7.08. The smallest absolute Gasteiger partial charge is 0.0256 e. The van der Waals surface area contributed by atoms with Crippen molar-refractivity contribution in [3.8, 4) is 0 Å². The zero-order valence-corrected chi connectivity index (χ0v) is 8.85. The minimum absolute atomic E-state index is 1.12. The Labute approximate surface area is 76.6 Å². The minimum Gasteiger partial charge on any atom is -0.266 e. The van der Waals surface area contributed by atoms with Gasteiger partial charge in [-0.1, -0.05) is 32.3 Å². The highest BCUT2D eigenvalue weighted by Crippen LogP contribution is 2.03. The Balaban J connectivity index is 3.89. The van der Waals surface area contributed by atoms with Crippen LogP contribution in [-0.2, 0) is 0 Å². The van der Waals surface area contributed by atoms with Crippen LogP contribution in [-0.4, -0.2) is 5.71 Å². The van der Waals surface area contributed by atoms with Crippen molar-refractivity contribution < 1.29 is 0 Å². The number of hydrogen-bond acceptors (Lipinski definition) is 1. The summed E-state index contributed by atoms with van der Waals surface area (Å²) in [7, 11) is 0. The monoisotopic (exact) mass is 167 g/mol. The highest BCUT2D eigenvalue weighted by Gasteiger charge is 1.87. The number of hydrogen-bond donors (Lipinski definition) is 0. The molecule has 0 atom stereocenters. The van der Waals surface area contributed by atoms with Crippen LogP contribution in [0.3, 0.4) is 0 Å². The van der Waals surface area contributed by atoms with Gasteiger partial charge in [0.25, 0.3) is 0 Å². The third-order valence-corrected chi connectivity index (χ3v) is 1.76. The molecular weight excluding hydrogens is 146 g/mol. The average Bonchev–Trinajstić information content (AvgIpc) is 2.02. The van der Waals surface area contributed by atoms with E-state index in [0.717, 1.165) is 6.42 Å². The first-order valence-electron chi connectivity index (χ1n) is 4.89. The van der Waals surface area contributed by atoms with Gasteiger partial charge >= 0.3 is 0 Å². The predicted octanol–water partition coefficient (Wildman–Crippen LogP) is 3.95. The summed E-state index contributed by atoms with van der Waals surface area (Å²) in [5.41, 5.74) is 2.63. The third-order valence-electron chi connectivity index (χ3n) is 1.76. The van der Waals surface area contributed by atoms with E-state index in [2.05, 4.69) is 32.7 Å². The number of rotatable bonds is 5. The molecule has 0 aromatic carbocycles. The first kappa shape index (κ1) is 11.4. The van der Waals surface area contributed by atoms with Gasteiger partial charge in [0.15, 0.2) is 0 Å². The van der Waals surface area contributed by atoms with E-state index in [1.807, 2.05) is 6.20 Å². The molecule has 0 heterocycles. The maximum absolute atomic E-state index is 4.39. The van der Waals surface area contributed by atoms with Crippen molar-refractivity contribution in [2.45, 2.75) is 53.4 Å². The van der Waals surface area contributed by atoms with Crippen molar-refractivity contribution in [3.63, 3.8) is 0 Å². The SMILES string of the molecule is CCCC(C)=N/C=C(/C)CCC. The molecular formula is C11H21N. The Morgan fingerprint density at radius 1 is 1.08 bits per heavy atom. The van der Waals surface area contributed by atoms with Crippen molar-refractivity contribution in [1.82, 2.24) is 0 Å². The molecule has 1 nitrogen and oxygen atoms in total. The lowest BCUT2D eigenvalue weighted by Gasteiger charge is -1.96. The van der Waals surface area contributed by atoms with Crippen LogP contribution in [0.5, 0.6) is 0 Å². The summed E-state index contributed by atoms with van der Waals surface area (Å²) in [4.78, 5) is 4.39. The molecule has 0 spiro atoms. The molecule has 1 heteroatoms. The van der Waals surface area contributed by atoms with Crippen LogP contribution in [0, 0.1) is 0 Å². The molecule has 0 fully saturated rings. The average molecular weight is 167 g/mol. The Morgan fingerprint density at radius 2 is 1.67 bits per heavy atom. The third kappa shape index (κ3) is 6.14. The topological polar surface area (TPSA) is 12.4 Å². The van der Waals surface area contributed by atoms with Crippen molar-refractivity contribution >= 4 is 5.71 Å². The highest BCUT2D eigenvalue weighted by molar-refractivity contribution is 5.82. The summed E-state index contributed by atoms with van der Waals surface area (Å²) in [5.74, 6) is 0. The minimum atomic E-state index is 1.12. The Morgan fingerprint density at radius 3 is 2.17 bits per heavy atom. The first-order valence-corrected chi connectivity index (χ1v) is 4.89. The second-order valence-corrected chi connectivity index (χ2v) is 3.34.